The van der Waals surface area contributed by atoms with Crippen LogP contribution < -0.4 is 0 Å². The van der Waals surface area contributed by atoms with Gasteiger partial charge < -0.3 is 9.84 Å². The SMILES string of the molecule is CC(C)CC(C)(C(=O)CCC(O)COC1=CC2SC(=S)C(c3ccccc3)=CC2C=C1)C(C)C. The normalized spacial score (nSPS) is 22.6. The van der Waals surface area contributed by atoms with E-state index >= 15 is 0 Å². The number of carbonyl (C=O) groups excluding carboxylic acids is 1. The molecule has 34 heavy (non-hydrogen) atoms. The number of allylic oxidation sites excluding steroid dienone is 3. The lowest BCUT2D eigenvalue weighted by Crippen LogP contribution is -2.35. The predicted octanol–water partition coefficient (Wildman–Crippen LogP) is 7.02. The van der Waals surface area contributed by atoms with Crippen LogP contribution in [0.4, 0.5) is 0 Å². The summed E-state index contributed by atoms with van der Waals surface area (Å²) in [5, 5.41) is 10.7. The van der Waals surface area contributed by atoms with Gasteiger partial charge in [0.25, 0.3) is 0 Å². The fraction of sp³-hybridized carbons (Fsp3) is 0.517. The molecule has 184 valence electrons. The van der Waals surface area contributed by atoms with Gasteiger partial charge in [-0.15, -0.1) is 11.8 Å². The van der Waals surface area contributed by atoms with Crippen LogP contribution in [0.5, 0.6) is 0 Å². The number of fused-ring (bicyclic) bond motifs is 1. The number of thioether (sulfide) groups is 1. The van der Waals surface area contributed by atoms with E-state index in [9.17, 15) is 9.90 Å². The first-order chi connectivity index (χ1) is 16.1. The van der Waals surface area contributed by atoms with Crippen molar-refractivity contribution in [2.75, 3.05) is 6.61 Å². The van der Waals surface area contributed by atoms with Crippen molar-refractivity contribution in [2.45, 2.75) is 65.2 Å². The molecular formula is C29H38O3S2. The first-order valence-electron chi connectivity index (χ1n) is 12.3. The van der Waals surface area contributed by atoms with E-state index in [4.69, 9.17) is 17.0 Å². The molecule has 1 heterocycles. The van der Waals surface area contributed by atoms with Gasteiger partial charge in [0.1, 0.15) is 18.1 Å². The summed E-state index contributed by atoms with van der Waals surface area (Å²) in [4.78, 5) is 13.0. The lowest BCUT2D eigenvalue weighted by Gasteiger charge is -2.34. The van der Waals surface area contributed by atoms with E-state index in [-0.39, 0.29) is 34.9 Å². The molecule has 1 aromatic rings. The molecule has 1 N–H and O–H groups in total. The zero-order chi connectivity index (χ0) is 24.9. The van der Waals surface area contributed by atoms with Gasteiger partial charge in [-0.2, -0.15) is 0 Å². The molecule has 0 radical (unpaired) electrons. The first-order valence-corrected chi connectivity index (χ1v) is 13.6. The number of hydrogen-bond acceptors (Lipinski definition) is 5. The minimum Gasteiger partial charge on any atom is -0.491 e. The summed E-state index contributed by atoms with van der Waals surface area (Å²) < 4.78 is 6.80. The van der Waals surface area contributed by atoms with E-state index in [1.54, 1.807) is 11.8 Å². The van der Waals surface area contributed by atoms with E-state index in [2.05, 4.69) is 65.0 Å². The average Bonchev–Trinajstić information content (AvgIpc) is 2.80. The van der Waals surface area contributed by atoms with Crippen molar-refractivity contribution in [3.63, 3.8) is 0 Å². The van der Waals surface area contributed by atoms with E-state index in [1.165, 1.54) is 0 Å². The van der Waals surface area contributed by atoms with Gasteiger partial charge in [0, 0.05) is 28.6 Å². The minimum absolute atomic E-state index is 0.184. The maximum atomic E-state index is 13.0. The molecule has 1 aliphatic heterocycles. The van der Waals surface area contributed by atoms with Gasteiger partial charge in [-0.3, -0.25) is 4.79 Å². The fourth-order valence-corrected chi connectivity index (χ4v) is 6.27. The van der Waals surface area contributed by atoms with Crippen LogP contribution in [0.25, 0.3) is 5.57 Å². The Morgan fingerprint density at radius 3 is 2.53 bits per heavy atom. The molecule has 0 saturated carbocycles. The van der Waals surface area contributed by atoms with Crippen LogP contribution in [-0.4, -0.2) is 33.0 Å². The van der Waals surface area contributed by atoms with Gasteiger partial charge in [0.15, 0.2) is 0 Å². The Kier molecular flexibility index (Phi) is 9.36. The number of ketones is 1. The highest BCUT2D eigenvalue weighted by Crippen LogP contribution is 2.40. The van der Waals surface area contributed by atoms with Gasteiger partial charge in [-0.05, 0) is 42.4 Å². The Labute approximate surface area is 214 Å². The zero-order valence-electron chi connectivity index (χ0n) is 21.0. The third-order valence-electron chi connectivity index (χ3n) is 6.99. The van der Waals surface area contributed by atoms with Crippen molar-refractivity contribution in [3.05, 3.63) is 66.0 Å². The van der Waals surface area contributed by atoms with Gasteiger partial charge >= 0.3 is 0 Å². The highest BCUT2D eigenvalue weighted by molar-refractivity contribution is 8.25. The number of aliphatic hydroxyl groups excluding tert-OH is 1. The molecule has 4 atom stereocenters. The molecule has 2 aliphatic rings. The summed E-state index contributed by atoms with van der Waals surface area (Å²) in [5.74, 6) is 1.99. The minimum atomic E-state index is -0.670. The number of thiocarbonyl (C=S) groups is 1. The quantitative estimate of drug-likeness (QED) is 0.332. The molecule has 4 unspecified atom stereocenters. The number of Topliss-reactive ketones (excluding diaryl/α,β-unsaturated/α-hetero) is 1. The van der Waals surface area contributed by atoms with Crippen LogP contribution in [0.3, 0.4) is 0 Å². The summed E-state index contributed by atoms with van der Waals surface area (Å²) >= 11 is 7.37. The fourth-order valence-electron chi connectivity index (χ4n) is 4.66. The molecule has 0 saturated heterocycles. The Hall–Kier alpha value is -1.69. The molecule has 0 aromatic heterocycles. The molecular weight excluding hydrogens is 460 g/mol. The van der Waals surface area contributed by atoms with Crippen LogP contribution in [0, 0.1) is 23.2 Å². The van der Waals surface area contributed by atoms with Crippen molar-refractivity contribution in [1.82, 2.24) is 0 Å². The van der Waals surface area contributed by atoms with Crippen LogP contribution in [0.1, 0.15) is 59.4 Å². The zero-order valence-corrected chi connectivity index (χ0v) is 22.6. The number of aliphatic hydroxyl groups is 1. The summed E-state index contributed by atoms with van der Waals surface area (Å²) in [6, 6.07) is 10.3. The third kappa shape index (κ3) is 6.71. The average molecular weight is 499 g/mol. The molecule has 5 heteroatoms. The Bertz CT molecular complexity index is 961. The highest BCUT2D eigenvalue weighted by atomic mass is 32.2. The van der Waals surface area contributed by atoms with Crippen molar-refractivity contribution in [1.29, 1.82) is 0 Å². The Morgan fingerprint density at radius 1 is 1.18 bits per heavy atom. The molecule has 1 aromatic carbocycles. The van der Waals surface area contributed by atoms with Crippen molar-refractivity contribution < 1.29 is 14.6 Å². The second kappa shape index (κ2) is 11.8. The monoisotopic (exact) mass is 498 g/mol. The van der Waals surface area contributed by atoms with Gasteiger partial charge in [-0.25, -0.2) is 0 Å². The maximum absolute atomic E-state index is 13.0. The van der Waals surface area contributed by atoms with Crippen molar-refractivity contribution in [3.8, 4) is 0 Å². The van der Waals surface area contributed by atoms with E-state index in [0.29, 0.717) is 18.8 Å². The van der Waals surface area contributed by atoms with Crippen LogP contribution in [0.2, 0.25) is 0 Å². The summed E-state index contributed by atoms with van der Waals surface area (Å²) in [7, 11) is 0. The number of ether oxygens (including phenoxy) is 1. The highest BCUT2D eigenvalue weighted by Gasteiger charge is 2.36. The van der Waals surface area contributed by atoms with E-state index in [1.807, 2.05) is 24.3 Å². The lowest BCUT2D eigenvalue weighted by molar-refractivity contribution is -0.132. The predicted molar refractivity (Wildman–Crippen MR) is 148 cm³/mol. The van der Waals surface area contributed by atoms with Crippen LogP contribution in [0.15, 0.2) is 60.4 Å². The van der Waals surface area contributed by atoms with Gasteiger partial charge in [0.05, 0.1) is 10.3 Å². The summed E-state index contributed by atoms with van der Waals surface area (Å²) in [6.45, 7) is 10.8. The molecule has 3 rings (SSSR count). The largest absolute Gasteiger partial charge is 0.491 e. The van der Waals surface area contributed by atoms with E-state index < -0.39 is 6.10 Å². The smallest absolute Gasteiger partial charge is 0.139 e. The van der Waals surface area contributed by atoms with Crippen LogP contribution >= 0.6 is 24.0 Å². The standard InChI is InChI=1S/C29H38O3S2/c1-19(2)17-29(5,20(3)4)27(31)14-12-23(30)18-32-24-13-11-22-15-25(21-9-7-6-8-10-21)28(33)34-26(22)16-24/h6-11,13,15-16,19-20,22-23,26,30H,12,14,17-18H2,1-5H3. The van der Waals surface area contributed by atoms with Crippen molar-refractivity contribution in [2.24, 2.45) is 23.2 Å². The molecule has 0 spiro atoms. The third-order valence-corrected chi connectivity index (χ3v) is 8.65. The summed E-state index contributed by atoms with van der Waals surface area (Å²) in [5.41, 5.74) is 1.92. The second-order valence-electron chi connectivity index (χ2n) is 10.4. The molecule has 0 fully saturated rings. The number of rotatable bonds is 11. The first kappa shape index (κ1) is 26.9. The van der Waals surface area contributed by atoms with Crippen LogP contribution in [-0.2, 0) is 9.53 Å². The Morgan fingerprint density at radius 2 is 1.88 bits per heavy atom. The maximum Gasteiger partial charge on any atom is 0.139 e. The Balaban J connectivity index is 1.52. The van der Waals surface area contributed by atoms with E-state index in [0.717, 1.165) is 27.5 Å². The summed E-state index contributed by atoms with van der Waals surface area (Å²) in [6.07, 6.45) is 9.46. The molecule has 0 amide bonds. The molecule has 3 nitrogen and oxygen atoms in total. The van der Waals surface area contributed by atoms with Crippen molar-refractivity contribution >= 4 is 39.5 Å². The molecule has 1 aliphatic carbocycles. The van der Waals surface area contributed by atoms with Gasteiger partial charge in [-0.1, -0.05) is 89.3 Å². The topological polar surface area (TPSA) is 46.5 Å². The second-order valence-corrected chi connectivity index (χ2v) is 12.3. The number of benzene rings is 1. The number of hydrogen-bond donors (Lipinski definition) is 1. The number of carbonyl (C=O) groups is 1. The lowest BCUT2D eigenvalue weighted by atomic mass is 9.69. The van der Waals surface area contributed by atoms with Gasteiger partial charge in [0.2, 0.25) is 0 Å². The molecule has 0 bridgehead atoms.